The third-order valence-electron chi connectivity index (χ3n) is 16.6. The zero-order valence-corrected chi connectivity index (χ0v) is 54.8. The number of unbranched alkanes of at least 4 members (excludes halogenated alkanes) is 51. The van der Waals surface area contributed by atoms with Crippen LogP contribution in [-0.4, -0.2) is 37.2 Å². The Balaban J connectivity index is 4.18. The van der Waals surface area contributed by atoms with Gasteiger partial charge in [0, 0.05) is 19.3 Å². The highest BCUT2D eigenvalue weighted by molar-refractivity contribution is 5.71. The van der Waals surface area contributed by atoms with Crippen molar-refractivity contribution in [3.8, 4) is 0 Å². The summed E-state index contributed by atoms with van der Waals surface area (Å²) >= 11 is 0. The molecule has 1 unspecified atom stereocenters. The molecule has 0 aliphatic rings. The minimum absolute atomic E-state index is 0.0643. The van der Waals surface area contributed by atoms with Gasteiger partial charge in [0.1, 0.15) is 13.2 Å². The Bertz CT molecular complexity index is 1350. The molecule has 6 nitrogen and oxygen atoms in total. The molecule has 0 heterocycles. The lowest BCUT2D eigenvalue weighted by atomic mass is 10.0. The number of hydrogen-bond donors (Lipinski definition) is 0. The van der Waals surface area contributed by atoms with Crippen LogP contribution in [0.5, 0.6) is 0 Å². The number of allylic oxidation sites excluding steroid dienone is 6. The minimum atomic E-state index is -0.768. The largest absolute Gasteiger partial charge is 0.462 e. The second kappa shape index (κ2) is 70.1. The maximum absolute atomic E-state index is 12.9. The maximum atomic E-state index is 12.9. The van der Waals surface area contributed by atoms with Gasteiger partial charge < -0.3 is 14.2 Å². The molecule has 0 radical (unpaired) electrons. The highest BCUT2D eigenvalue weighted by Gasteiger charge is 2.19. The Morgan fingerprint density at radius 2 is 0.444 bits per heavy atom. The van der Waals surface area contributed by atoms with Gasteiger partial charge in [0.05, 0.1) is 0 Å². The van der Waals surface area contributed by atoms with Crippen LogP contribution in [0.1, 0.15) is 406 Å². The molecule has 0 bridgehead atoms. The molecule has 476 valence electrons. The molecular weight excluding hydrogens is 997 g/mol. The lowest BCUT2D eigenvalue weighted by molar-refractivity contribution is -0.167. The van der Waals surface area contributed by atoms with Gasteiger partial charge >= 0.3 is 17.9 Å². The highest BCUT2D eigenvalue weighted by Crippen LogP contribution is 2.19. The van der Waals surface area contributed by atoms with Crippen LogP contribution in [0.2, 0.25) is 0 Å². The standard InChI is InChI=1S/C75H140O6/c1-4-7-10-13-16-19-22-25-28-31-32-33-34-35-36-37-38-39-40-41-42-43-44-45-48-50-53-56-59-62-65-68-74(77)80-71-72(81-75(78)69-66-63-60-57-54-51-47-30-27-24-21-18-15-12-9-6-3)70-79-73(76)67-64-61-58-55-52-49-46-29-26-23-20-17-14-11-8-5-2/h22,25,31-32,34-35,72H,4-21,23-24,26-30,33,36-71H2,1-3H3/b25-22-,32-31-,35-34-. The van der Waals surface area contributed by atoms with Crippen LogP contribution in [0.3, 0.4) is 0 Å². The van der Waals surface area contributed by atoms with Crippen LogP contribution in [0.15, 0.2) is 36.5 Å². The molecule has 0 rings (SSSR count). The Hall–Kier alpha value is -2.37. The summed E-state index contributed by atoms with van der Waals surface area (Å²) in [5.74, 6) is -0.830. The number of hydrogen-bond acceptors (Lipinski definition) is 6. The Morgan fingerprint density at radius 1 is 0.247 bits per heavy atom. The van der Waals surface area contributed by atoms with Gasteiger partial charge in [0.15, 0.2) is 6.10 Å². The summed E-state index contributed by atoms with van der Waals surface area (Å²) in [5.41, 5.74) is 0. The summed E-state index contributed by atoms with van der Waals surface area (Å²) in [4.78, 5) is 38.4. The van der Waals surface area contributed by atoms with Crippen molar-refractivity contribution in [3.63, 3.8) is 0 Å². The fourth-order valence-corrected chi connectivity index (χ4v) is 11.2. The van der Waals surface area contributed by atoms with Gasteiger partial charge in [-0.2, -0.15) is 0 Å². The minimum Gasteiger partial charge on any atom is -0.462 e. The predicted molar refractivity (Wildman–Crippen MR) is 353 cm³/mol. The Morgan fingerprint density at radius 3 is 0.691 bits per heavy atom. The van der Waals surface area contributed by atoms with Crippen LogP contribution in [0, 0.1) is 0 Å². The van der Waals surface area contributed by atoms with Crippen molar-refractivity contribution in [2.75, 3.05) is 13.2 Å². The third kappa shape index (κ3) is 68.3. The van der Waals surface area contributed by atoms with Crippen LogP contribution in [0.25, 0.3) is 0 Å². The average molecular weight is 1140 g/mol. The molecule has 0 aliphatic heterocycles. The van der Waals surface area contributed by atoms with Crippen molar-refractivity contribution in [2.45, 2.75) is 412 Å². The zero-order chi connectivity index (χ0) is 58.5. The van der Waals surface area contributed by atoms with E-state index in [0.717, 1.165) is 70.6 Å². The number of carbonyl (C=O) groups excluding carboxylic acids is 3. The van der Waals surface area contributed by atoms with E-state index in [1.807, 2.05) is 0 Å². The fourth-order valence-electron chi connectivity index (χ4n) is 11.2. The van der Waals surface area contributed by atoms with Gasteiger partial charge in [-0.05, 0) is 57.8 Å². The number of carbonyl (C=O) groups is 3. The molecular formula is C75H140O6. The summed E-state index contributed by atoms with van der Waals surface area (Å²) in [6, 6.07) is 0. The van der Waals surface area contributed by atoms with Crippen molar-refractivity contribution >= 4 is 17.9 Å². The number of ether oxygens (including phenoxy) is 3. The molecule has 6 heteroatoms. The second-order valence-corrected chi connectivity index (χ2v) is 24.9. The zero-order valence-electron chi connectivity index (χ0n) is 54.8. The number of esters is 3. The van der Waals surface area contributed by atoms with E-state index in [2.05, 4.69) is 57.2 Å². The lowest BCUT2D eigenvalue weighted by Crippen LogP contribution is -2.30. The first-order valence-electron chi connectivity index (χ1n) is 36.5. The predicted octanol–water partition coefficient (Wildman–Crippen LogP) is 25.1. The van der Waals surface area contributed by atoms with Gasteiger partial charge in [0.25, 0.3) is 0 Å². The molecule has 0 aromatic heterocycles. The molecule has 0 amide bonds. The molecule has 0 aromatic rings. The molecule has 0 N–H and O–H groups in total. The van der Waals surface area contributed by atoms with Crippen molar-refractivity contribution in [1.29, 1.82) is 0 Å². The van der Waals surface area contributed by atoms with Crippen molar-refractivity contribution < 1.29 is 28.6 Å². The van der Waals surface area contributed by atoms with Gasteiger partial charge in [-0.1, -0.05) is 365 Å². The normalized spacial score (nSPS) is 12.2. The SMILES string of the molecule is CCCCCCC/C=C\C/C=C\C/C=C\CCCCCCCCCCCCCCCCCCC(=O)OCC(COC(=O)CCCCCCCCCCCCCCCCCC)OC(=O)CCCCCCCCCCCCCCCCCC. The van der Waals surface area contributed by atoms with E-state index in [4.69, 9.17) is 14.2 Å². The first-order chi connectivity index (χ1) is 40.0. The van der Waals surface area contributed by atoms with Crippen LogP contribution >= 0.6 is 0 Å². The topological polar surface area (TPSA) is 78.9 Å². The first-order valence-corrected chi connectivity index (χ1v) is 36.5. The fraction of sp³-hybridized carbons (Fsp3) is 0.880. The van der Waals surface area contributed by atoms with Crippen molar-refractivity contribution in [1.82, 2.24) is 0 Å². The van der Waals surface area contributed by atoms with Crippen LogP contribution < -0.4 is 0 Å². The number of rotatable bonds is 68. The van der Waals surface area contributed by atoms with Gasteiger partial charge in [-0.25, -0.2) is 0 Å². The van der Waals surface area contributed by atoms with E-state index < -0.39 is 6.10 Å². The summed E-state index contributed by atoms with van der Waals surface area (Å²) < 4.78 is 17.0. The third-order valence-corrected chi connectivity index (χ3v) is 16.6. The smallest absolute Gasteiger partial charge is 0.306 e. The van der Waals surface area contributed by atoms with E-state index in [-0.39, 0.29) is 31.1 Å². The second-order valence-electron chi connectivity index (χ2n) is 24.9. The monoisotopic (exact) mass is 1140 g/mol. The van der Waals surface area contributed by atoms with E-state index in [0.29, 0.717) is 19.3 Å². The van der Waals surface area contributed by atoms with E-state index >= 15 is 0 Å². The molecule has 0 spiro atoms. The quantitative estimate of drug-likeness (QED) is 0.0261. The van der Waals surface area contributed by atoms with E-state index in [1.54, 1.807) is 0 Å². The summed E-state index contributed by atoms with van der Waals surface area (Å²) in [7, 11) is 0. The molecule has 0 saturated carbocycles. The Labute approximate surface area is 506 Å². The van der Waals surface area contributed by atoms with Gasteiger partial charge in [-0.15, -0.1) is 0 Å². The summed E-state index contributed by atoms with van der Waals surface area (Å²) in [6.07, 6.45) is 87.5. The van der Waals surface area contributed by atoms with Crippen molar-refractivity contribution in [3.05, 3.63) is 36.5 Å². The molecule has 0 aromatic carbocycles. The van der Waals surface area contributed by atoms with E-state index in [1.165, 1.54) is 295 Å². The molecule has 0 saturated heterocycles. The van der Waals surface area contributed by atoms with Crippen LogP contribution in [-0.2, 0) is 28.6 Å². The molecule has 0 fully saturated rings. The Kier molecular flexibility index (Phi) is 68.1. The van der Waals surface area contributed by atoms with Gasteiger partial charge in [-0.3, -0.25) is 14.4 Å². The maximum Gasteiger partial charge on any atom is 0.306 e. The summed E-state index contributed by atoms with van der Waals surface area (Å²) in [6.45, 7) is 6.71. The lowest BCUT2D eigenvalue weighted by Gasteiger charge is -2.18. The summed E-state index contributed by atoms with van der Waals surface area (Å²) in [5, 5.41) is 0. The first kappa shape index (κ1) is 78.6. The van der Waals surface area contributed by atoms with Crippen LogP contribution in [0.4, 0.5) is 0 Å². The van der Waals surface area contributed by atoms with Gasteiger partial charge in [0.2, 0.25) is 0 Å². The highest BCUT2D eigenvalue weighted by atomic mass is 16.6. The van der Waals surface area contributed by atoms with E-state index in [9.17, 15) is 14.4 Å². The molecule has 0 aliphatic carbocycles. The van der Waals surface area contributed by atoms with Crippen molar-refractivity contribution in [2.24, 2.45) is 0 Å². The molecule has 1 atom stereocenters. The average Bonchev–Trinajstić information content (AvgIpc) is 3.47. The molecule has 81 heavy (non-hydrogen) atoms.